The predicted octanol–water partition coefficient (Wildman–Crippen LogP) is 2.47. The van der Waals surface area contributed by atoms with Crippen LogP contribution in [0.1, 0.15) is 31.2 Å². The second-order valence-corrected chi connectivity index (χ2v) is 9.06. The van der Waals surface area contributed by atoms with E-state index in [4.69, 9.17) is 9.47 Å². The van der Waals surface area contributed by atoms with Crippen molar-refractivity contribution < 1.29 is 17.9 Å². The Labute approximate surface area is 151 Å². The highest BCUT2D eigenvalue weighted by molar-refractivity contribution is 9.10. The Bertz CT molecular complexity index is 696. The molecule has 2 heterocycles. The average Bonchev–Trinajstić information content (AvgIpc) is 2.95. The van der Waals surface area contributed by atoms with Crippen molar-refractivity contribution in [3.63, 3.8) is 0 Å². The number of likely N-dealkylation sites (tertiary alicyclic amines) is 1. The van der Waals surface area contributed by atoms with Gasteiger partial charge in [0.1, 0.15) is 0 Å². The van der Waals surface area contributed by atoms with Crippen molar-refractivity contribution in [2.24, 2.45) is 0 Å². The standard InChI is InChI=1S/C16H23BrN2O4S/c1-24(20,21)18-6-5-13-4-2-3-7-19(13)10-12-8-15-16(9-14(12)17)23-11-22-15/h8-9,13,18H,2-7,10-11H2,1H3. The molecule has 1 aromatic rings. The lowest BCUT2D eigenvalue weighted by Crippen LogP contribution is -2.41. The van der Waals surface area contributed by atoms with Crippen LogP contribution in [0.2, 0.25) is 0 Å². The second kappa shape index (κ2) is 7.59. The molecular formula is C16H23BrN2O4S. The van der Waals surface area contributed by atoms with E-state index in [9.17, 15) is 8.42 Å². The van der Waals surface area contributed by atoms with E-state index in [1.54, 1.807) is 0 Å². The summed E-state index contributed by atoms with van der Waals surface area (Å²) in [7, 11) is -3.12. The van der Waals surface area contributed by atoms with E-state index in [1.165, 1.54) is 24.7 Å². The molecule has 6 nitrogen and oxygen atoms in total. The van der Waals surface area contributed by atoms with Crippen LogP contribution in [-0.2, 0) is 16.6 Å². The molecule has 3 rings (SSSR count). The quantitative estimate of drug-likeness (QED) is 0.768. The van der Waals surface area contributed by atoms with Gasteiger partial charge in [-0.3, -0.25) is 4.90 Å². The van der Waals surface area contributed by atoms with Gasteiger partial charge in [-0.1, -0.05) is 22.4 Å². The van der Waals surface area contributed by atoms with E-state index in [0.29, 0.717) is 12.6 Å². The molecule has 0 aromatic heterocycles. The van der Waals surface area contributed by atoms with Crippen molar-refractivity contribution in [2.45, 2.75) is 38.3 Å². The number of nitrogens with one attached hydrogen (secondary N) is 1. The molecule has 2 aliphatic heterocycles. The molecule has 1 N–H and O–H groups in total. The maximum Gasteiger partial charge on any atom is 0.231 e. The Morgan fingerprint density at radius 2 is 2.04 bits per heavy atom. The van der Waals surface area contributed by atoms with Gasteiger partial charge in [0.05, 0.1) is 6.26 Å². The summed E-state index contributed by atoms with van der Waals surface area (Å²) in [5, 5.41) is 0. The largest absolute Gasteiger partial charge is 0.454 e. The number of piperidine rings is 1. The number of benzene rings is 1. The molecule has 2 aliphatic rings. The molecule has 1 atom stereocenters. The van der Waals surface area contributed by atoms with Crippen LogP contribution in [0.15, 0.2) is 16.6 Å². The first-order chi connectivity index (χ1) is 11.4. The highest BCUT2D eigenvalue weighted by atomic mass is 79.9. The van der Waals surface area contributed by atoms with Gasteiger partial charge >= 0.3 is 0 Å². The maximum atomic E-state index is 11.2. The van der Waals surface area contributed by atoms with Gasteiger partial charge in [0.2, 0.25) is 16.8 Å². The molecular weight excluding hydrogens is 396 g/mol. The van der Waals surface area contributed by atoms with Crippen LogP contribution in [0.25, 0.3) is 0 Å². The maximum absolute atomic E-state index is 11.2. The van der Waals surface area contributed by atoms with Crippen LogP contribution in [0.4, 0.5) is 0 Å². The molecule has 1 unspecified atom stereocenters. The fourth-order valence-electron chi connectivity index (χ4n) is 3.31. The summed E-state index contributed by atoms with van der Waals surface area (Å²) >= 11 is 3.62. The van der Waals surface area contributed by atoms with Gasteiger partial charge in [-0.25, -0.2) is 13.1 Å². The monoisotopic (exact) mass is 418 g/mol. The lowest BCUT2D eigenvalue weighted by Gasteiger charge is -2.36. The molecule has 134 valence electrons. The van der Waals surface area contributed by atoms with Gasteiger partial charge in [0.15, 0.2) is 11.5 Å². The highest BCUT2D eigenvalue weighted by Crippen LogP contribution is 2.38. The molecule has 0 spiro atoms. The normalized spacial score (nSPS) is 21.2. The van der Waals surface area contributed by atoms with Crippen molar-refractivity contribution in [1.29, 1.82) is 0 Å². The average molecular weight is 419 g/mol. The van der Waals surface area contributed by atoms with Crippen LogP contribution in [0.5, 0.6) is 11.5 Å². The van der Waals surface area contributed by atoms with Crippen LogP contribution in [-0.4, -0.2) is 45.5 Å². The van der Waals surface area contributed by atoms with Gasteiger partial charge in [-0.05, 0) is 43.5 Å². The minimum Gasteiger partial charge on any atom is -0.454 e. The minimum absolute atomic E-state index is 0.273. The zero-order valence-electron chi connectivity index (χ0n) is 13.8. The first-order valence-corrected chi connectivity index (χ1v) is 10.9. The summed E-state index contributed by atoms with van der Waals surface area (Å²) in [4.78, 5) is 2.44. The van der Waals surface area contributed by atoms with Gasteiger partial charge in [0, 0.05) is 23.6 Å². The number of fused-ring (bicyclic) bond motifs is 1. The van der Waals surface area contributed by atoms with Gasteiger partial charge in [-0.15, -0.1) is 0 Å². The van der Waals surface area contributed by atoms with E-state index in [0.717, 1.165) is 41.9 Å². The van der Waals surface area contributed by atoms with Crippen molar-refractivity contribution in [3.05, 3.63) is 22.2 Å². The first-order valence-electron chi connectivity index (χ1n) is 8.19. The number of sulfonamides is 1. The summed E-state index contributed by atoms with van der Waals surface area (Å²) < 4.78 is 37.0. The summed E-state index contributed by atoms with van der Waals surface area (Å²) in [5.41, 5.74) is 1.17. The highest BCUT2D eigenvalue weighted by Gasteiger charge is 2.24. The minimum atomic E-state index is -3.12. The topological polar surface area (TPSA) is 67.9 Å². The van der Waals surface area contributed by atoms with Gasteiger partial charge < -0.3 is 9.47 Å². The Hall–Kier alpha value is -0.830. The van der Waals surface area contributed by atoms with E-state index in [1.807, 2.05) is 12.1 Å². The molecule has 24 heavy (non-hydrogen) atoms. The predicted molar refractivity (Wildman–Crippen MR) is 95.8 cm³/mol. The Kier molecular flexibility index (Phi) is 5.69. The molecule has 0 aliphatic carbocycles. The number of halogens is 1. The molecule has 1 aromatic carbocycles. The molecule has 0 saturated carbocycles. The lowest BCUT2D eigenvalue weighted by atomic mass is 9.98. The molecule has 0 radical (unpaired) electrons. The number of hydrogen-bond acceptors (Lipinski definition) is 5. The van der Waals surface area contributed by atoms with Gasteiger partial charge in [-0.2, -0.15) is 0 Å². The van der Waals surface area contributed by atoms with Crippen LogP contribution in [0, 0.1) is 0 Å². The second-order valence-electron chi connectivity index (χ2n) is 6.37. The zero-order chi connectivity index (χ0) is 17.2. The number of ether oxygens (including phenoxy) is 2. The molecule has 1 saturated heterocycles. The van der Waals surface area contributed by atoms with Crippen molar-refractivity contribution in [2.75, 3.05) is 26.1 Å². The van der Waals surface area contributed by atoms with Crippen molar-refractivity contribution in [1.82, 2.24) is 9.62 Å². The number of nitrogens with zero attached hydrogens (tertiary/aromatic N) is 1. The first kappa shape index (κ1) is 18.0. The number of rotatable bonds is 6. The summed E-state index contributed by atoms with van der Waals surface area (Å²) in [5.74, 6) is 1.57. The molecule has 1 fully saturated rings. The lowest BCUT2D eigenvalue weighted by molar-refractivity contribution is 0.133. The third-order valence-electron chi connectivity index (χ3n) is 4.51. The fourth-order valence-corrected chi connectivity index (χ4v) is 4.24. The SMILES string of the molecule is CS(=O)(=O)NCCC1CCCCN1Cc1cc2c(cc1Br)OCO2. The van der Waals surface area contributed by atoms with Crippen molar-refractivity contribution in [3.8, 4) is 11.5 Å². The summed E-state index contributed by atoms with van der Waals surface area (Å²) in [6.45, 7) is 2.61. The van der Waals surface area contributed by atoms with E-state index < -0.39 is 10.0 Å². The fraction of sp³-hybridized carbons (Fsp3) is 0.625. The smallest absolute Gasteiger partial charge is 0.231 e. The number of hydrogen-bond donors (Lipinski definition) is 1. The summed E-state index contributed by atoms with van der Waals surface area (Å²) in [6, 6.07) is 4.39. The van der Waals surface area contributed by atoms with E-state index >= 15 is 0 Å². The Morgan fingerprint density at radius 1 is 1.29 bits per heavy atom. The molecule has 0 bridgehead atoms. The third kappa shape index (κ3) is 4.62. The Morgan fingerprint density at radius 3 is 2.79 bits per heavy atom. The van der Waals surface area contributed by atoms with Crippen LogP contribution < -0.4 is 14.2 Å². The van der Waals surface area contributed by atoms with Crippen LogP contribution in [0.3, 0.4) is 0 Å². The van der Waals surface area contributed by atoms with Gasteiger partial charge in [0.25, 0.3) is 0 Å². The zero-order valence-corrected chi connectivity index (χ0v) is 16.2. The molecule has 8 heteroatoms. The summed E-state index contributed by atoms with van der Waals surface area (Å²) in [6.07, 6.45) is 5.51. The van der Waals surface area contributed by atoms with Crippen molar-refractivity contribution >= 4 is 26.0 Å². The van der Waals surface area contributed by atoms with Crippen LogP contribution >= 0.6 is 15.9 Å². The molecule has 0 amide bonds. The van der Waals surface area contributed by atoms with E-state index in [-0.39, 0.29) is 6.79 Å². The Balaban J connectivity index is 1.65. The van der Waals surface area contributed by atoms with E-state index in [2.05, 4.69) is 25.6 Å². The third-order valence-corrected chi connectivity index (χ3v) is 5.97.